The normalized spacial score (nSPS) is 12.8. The van der Waals surface area contributed by atoms with Crippen LogP contribution < -0.4 is 5.32 Å². The Morgan fingerprint density at radius 2 is 2.00 bits per heavy atom. The minimum atomic E-state index is -0.572. The molecule has 0 aliphatic heterocycles. The summed E-state index contributed by atoms with van der Waals surface area (Å²) in [7, 11) is 0. The Morgan fingerprint density at radius 1 is 1.29 bits per heavy atom. The van der Waals surface area contributed by atoms with Crippen molar-refractivity contribution in [2.45, 2.75) is 51.6 Å². The molecule has 2 aromatic rings. The lowest BCUT2D eigenvalue weighted by Gasteiger charge is -2.11. The van der Waals surface area contributed by atoms with E-state index in [0.717, 1.165) is 5.56 Å². The van der Waals surface area contributed by atoms with Gasteiger partial charge in [-0.05, 0) is 12.0 Å². The van der Waals surface area contributed by atoms with Gasteiger partial charge in [0.1, 0.15) is 0 Å². The number of aliphatic hydroxyl groups is 1. The summed E-state index contributed by atoms with van der Waals surface area (Å²) in [5.74, 6) is 1.02. The number of aromatic nitrogens is 2. The van der Waals surface area contributed by atoms with Gasteiger partial charge in [-0.15, -0.1) is 0 Å². The summed E-state index contributed by atoms with van der Waals surface area (Å²) in [5.41, 5.74) is 0.685. The smallest absolute Gasteiger partial charge is 0.227 e. The van der Waals surface area contributed by atoms with Crippen LogP contribution in [0.15, 0.2) is 34.9 Å². The lowest BCUT2D eigenvalue weighted by Crippen LogP contribution is -2.25. The fourth-order valence-electron chi connectivity index (χ4n) is 2.16. The molecule has 2 N–H and O–H groups in total. The SMILES string of the molecule is CC(C)(C)c1noc(CCC(=O)NCCC(O)c2ccccc2)n1. The maximum Gasteiger partial charge on any atom is 0.227 e. The third-order valence-corrected chi connectivity index (χ3v) is 3.63. The summed E-state index contributed by atoms with van der Waals surface area (Å²) < 4.78 is 5.16. The molecule has 130 valence electrons. The van der Waals surface area contributed by atoms with Crippen LogP contribution >= 0.6 is 0 Å². The first kappa shape index (κ1) is 18.1. The molecule has 2 rings (SSSR count). The van der Waals surface area contributed by atoms with Gasteiger partial charge in [0, 0.05) is 24.8 Å². The molecule has 0 bridgehead atoms. The van der Waals surface area contributed by atoms with Crippen LogP contribution in [0, 0.1) is 0 Å². The van der Waals surface area contributed by atoms with Gasteiger partial charge >= 0.3 is 0 Å². The average molecular weight is 331 g/mol. The Hall–Kier alpha value is -2.21. The van der Waals surface area contributed by atoms with E-state index in [-0.39, 0.29) is 17.7 Å². The van der Waals surface area contributed by atoms with Gasteiger partial charge < -0.3 is 14.9 Å². The van der Waals surface area contributed by atoms with Gasteiger partial charge in [-0.1, -0.05) is 56.3 Å². The lowest BCUT2D eigenvalue weighted by atomic mass is 9.96. The van der Waals surface area contributed by atoms with E-state index in [9.17, 15) is 9.90 Å². The molecule has 1 heterocycles. The summed E-state index contributed by atoms with van der Waals surface area (Å²) in [6, 6.07) is 9.41. The molecule has 1 unspecified atom stereocenters. The van der Waals surface area contributed by atoms with Gasteiger partial charge in [-0.3, -0.25) is 4.79 Å². The summed E-state index contributed by atoms with van der Waals surface area (Å²) in [4.78, 5) is 16.2. The van der Waals surface area contributed by atoms with E-state index in [1.807, 2.05) is 51.1 Å². The van der Waals surface area contributed by atoms with Gasteiger partial charge in [0.25, 0.3) is 0 Å². The minimum absolute atomic E-state index is 0.0919. The second kappa shape index (κ2) is 8.06. The number of aliphatic hydroxyl groups excluding tert-OH is 1. The first-order valence-corrected chi connectivity index (χ1v) is 8.19. The van der Waals surface area contributed by atoms with E-state index in [4.69, 9.17) is 4.52 Å². The molecule has 0 saturated carbocycles. The van der Waals surface area contributed by atoms with Crippen LogP contribution in [-0.2, 0) is 16.6 Å². The Morgan fingerprint density at radius 3 is 2.62 bits per heavy atom. The standard InChI is InChI=1S/C18H25N3O3/c1-18(2,3)17-20-16(24-21-17)10-9-15(23)19-12-11-14(22)13-7-5-4-6-8-13/h4-8,14,22H,9-12H2,1-3H3,(H,19,23). The molecule has 1 amide bonds. The number of carbonyl (C=O) groups is 1. The monoisotopic (exact) mass is 331 g/mol. The first-order valence-electron chi connectivity index (χ1n) is 8.19. The summed E-state index contributed by atoms with van der Waals surface area (Å²) in [6.45, 7) is 6.44. The van der Waals surface area contributed by atoms with Gasteiger partial charge in [0.05, 0.1) is 6.10 Å². The van der Waals surface area contributed by atoms with Crippen molar-refractivity contribution in [2.75, 3.05) is 6.54 Å². The highest BCUT2D eigenvalue weighted by Gasteiger charge is 2.21. The van der Waals surface area contributed by atoms with Gasteiger partial charge in [-0.2, -0.15) is 4.98 Å². The number of benzene rings is 1. The summed E-state index contributed by atoms with van der Waals surface area (Å²) in [5, 5.41) is 16.8. The summed E-state index contributed by atoms with van der Waals surface area (Å²) >= 11 is 0. The van der Waals surface area contributed by atoms with Gasteiger partial charge in [0.15, 0.2) is 5.82 Å². The number of rotatable bonds is 7. The number of hydrogen-bond acceptors (Lipinski definition) is 5. The topological polar surface area (TPSA) is 88.2 Å². The fraction of sp³-hybridized carbons (Fsp3) is 0.500. The van der Waals surface area contributed by atoms with Crippen LogP contribution in [0.4, 0.5) is 0 Å². The van der Waals surface area contributed by atoms with E-state index in [1.54, 1.807) is 0 Å². The lowest BCUT2D eigenvalue weighted by molar-refractivity contribution is -0.121. The van der Waals surface area contributed by atoms with Crippen molar-refractivity contribution in [2.24, 2.45) is 0 Å². The molecule has 0 aliphatic rings. The highest BCUT2D eigenvalue weighted by Crippen LogP contribution is 2.18. The van der Waals surface area contributed by atoms with Crippen molar-refractivity contribution in [3.05, 3.63) is 47.6 Å². The summed E-state index contributed by atoms with van der Waals surface area (Å²) in [6.07, 6.45) is 0.602. The minimum Gasteiger partial charge on any atom is -0.388 e. The second-order valence-corrected chi connectivity index (χ2v) is 6.83. The zero-order valence-corrected chi connectivity index (χ0v) is 14.5. The molecule has 1 atom stereocenters. The zero-order chi connectivity index (χ0) is 17.6. The molecule has 24 heavy (non-hydrogen) atoms. The predicted octanol–water partition coefficient (Wildman–Crippen LogP) is 2.54. The van der Waals surface area contributed by atoms with Crippen LogP contribution in [0.3, 0.4) is 0 Å². The van der Waals surface area contributed by atoms with Crippen LogP contribution in [0.2, 0.25) is 0 Å². The maximum absolute atomic E-state index is 11.9. The molecular formula is C18H25N3O3. The number of amides is 1. The van der Waals surface area contributed by atoms with E-state index in [0.29, 0.717) is 31.1 Å². The van der Waals surface area contributed by atoms with Crippen molar-refractivity contribution in [3.8, 4) is 0 Å². The third kappa shape index (κ3) is 5.45. The van der Waals surface area contributed by atoms with Crippen molar-refractivity contribution < 1.29 is 14.4 Å². The molecule has 0 spiro atoms. The van der Waals surface area contributed by atoms with Crippen molar-refractivity contribution in [1.29, 1.82) is 0 Å². The second-order valence-electron chi connectivity index (χ2n) is 6.83. The Labute approximate surface area is 142 Å². The number of aryl methyl sites for hydroxylation is 1. The largest absolute Gasteiger partial charge is 0.388 e. The average Bonchev–Trinajstić information content (AvgIpc) is 3.03. The number of nitrogens with zero attached hydrogens (tertiary/aromatic N) is 2. The molecule has 0 saturated heterocycles. The number of hydrogen-bond donors (Lipinski definition) is 2. The molecule has 0 fully saturated rings. The molecule has 1 aromatic heterocycles. The van der Waals surface area contributed by atoms with Crippen LogP contribution in [-0.4, -0.2) is 27.7 Å². The van der Waals surface area contributed by atoms with E-state index < -0.39 is 6.10 Å². The van der Waals surface area contributed by atoms with Crippen LogP contribution in [0.1, 0.15) is 57.0 Å². The van der Waals surface area contributed by atoms with Crippen molar-refractivity contribution in [1.82, 2.24) is 15.5 Å². The van der Waals surface area contributed by atoms with Crippen LogP contribution in [0.5, 0.6) is 0 Å². The maximum atomic E-state index is 11.9. The van der Waals surface area contributed by atoms with Crippen molar-refractivity contribution >= 4 is 5.91 Å². The number of carbonyl (C=O) groups excluding carboxylic acids is 1. The quantitative estimate of drug-likeness (QED) is 0.814. The first-order chi connectivity index (χ1) is 11.4. The highest BCUT2D eigenvalue weighted by molar-refractivity contribution is 5.75. The third-order valence-electron chi connectivity index (χ3n) is 3.63. The molecule has 1 aromatic carbocycles. The zero-order valence-electron chi connectivity index (χ0n) is 14.5. The molecule has 6 nitrogen and oxygen atoms in total. The molecule has 0 aliphatic carbocycles. The number of nitrogens with one attached hydrogen (secondary N) is 1. The van der Waals surface area contributed by atoms with Gasteiger partial charge in [0.2, 0.25) is 11.8 Å². The Bertz CT molecular complexity index is 647. The van der Waals surface area contributed by atoms with E-state index >= 15 is 0 Å². The highest BCUT2D eigenvalue weighted by atomic mass is 16.5. The fourth-order valence-corrected chi connectivity index (χ4v) is 2.16. The molecule has 6 heteroatoms. The molecular weight excluding hydrogens is 306 g/mol. The van der Waals surface area contributed by atoms with E-state index in [1.165, 1.54) is 0 Å². The Kier molecular flexibility index (Phi) is 6.09. The molecule has 0 radical (unpaired) electrons. The van der Waals surface area contributed by atoms with E-state index in [2.05, 4.69) is 15.5 Å². The Balaban J connectivity index is 1.69. The predicted molar refractivity (Wildman–Crippen MR) is 90.3 cm³/mol. The van der Waals surface area contributed by atoms with Gasteiger partial charge in [-0.25, -0.2) is 0 Å². The van der Waals surface area contributed by atoms with Crippen molar-refractivity contribution in [3.63, 3.8) is 0 Å². The van der Waals surface area contributed by atoms with Crippen LogP contribution in [0.25, 0.3) is 0 Å².